The number of aryl methyl sites for hydroxylation is 1. The number of hydrogen-bond donors (Lipinski definition) is 1. The van der Waals surface area contributed by atoms with Crippen molar-refractivity contribution >= 4 is 10.8 Å². The van der Waals surface area contributed by atoms with Gasteiger partial charge in [-0.05, 0) is 52.6 Å². The molecule has 0 amide bonds. The SMILES string of the molecule is COc1ccc2cc(C(N)c3ccccc3C)ccc2c1. The van der Waals surface area contributed by atoms with Crippen molar-refractivity contribution in [2.24, 2.45) is 5.73 Å². The lowest BCUT2D eigenvalue weighted by Crippen LogP contribution is -2.13. The minimum atomic E-state index is -0.0994. The van der Waals surface area contributed by atoms with E-state index in [1.54, 1.807) is 7.11 Å². The van der Waals surface area contributed by atoms with E-state index in [0.717, 1.165) is 16.7 Å². The van der Waals surface area contributed by atoms with Crippen LogP contribution in [0.15, 0.2) is 60.7 Å². The van der Waals surface area contributed by atoms with Crippen molar-refractivity contribution in [2.75, 3.05) is 7.11 Å². The van der Waals surface area contributed by atoms with Crippen LogP contribution in [0.3, 0.4) is 0 Å². The van der Waals surface area contributed by atoms with Crippen LogP contribution in [0.5, 0.6) is 5.75 Å². The summed E-state index contributed by atoms with van der Waals surface area (Å²) in [6, 6.07) is 20.6. The highest BCUT2D eigenvalue weighted by Crippen LogP contribution is 2.27. The summed E-state index contributed by atoms with van der Waals surface area (Å²) in [5.74, 6) is 0.874. The van der Waals surface area contributed by atoms with E-state index in [4.69, 9.17) is 10.5 Å². The number of rotatable bonds is 3. The molecule has 1 atom stereocenters. The number of hydrogen-bond acceptors (Lipinski definition) is 2. The number of nitrogens with two attached hydrogens (primary N) is 1. The van der Waals surface area contributed by atoms with Gasteiger partial charge in [-0.1, -0.05) is 42.5 Å². The second kappa shape index (κ2) is 5.58. The molecule has 2 nitrogen and oxygen atoms in total. The van der Waals surface area contributed by atoms with Crippen LogP contribution in [-0.4, -0.2) is 7.11 Å². The summed E-state index contributed by atoms with van der Waals surface area (Å²) >= 11 is 0. The van der Waals surface area contributed by atoms with E-state index < -0.39 is 0 Å². The second-order valence-electron chi connectivity index (χ2n) is 5.31. The lowest BCUT2D eigenvalue weighted by molar-refractivity contribution is 0.415. The normalized spacial score (nSPS) is 12.3. The van der Waals surface area contributed by atoms with Crippen LogP contribution in [-0.2, 0) is 0 Å². The third-order valence-electron chi connectivity index (χ3n) is 3.95. The summed E-state index contributed by atoms with van der Waals surface area (Å²) in [5, 5.41) is 2.34. The van der Waals surface area contributed by atoms with E-state index in [-0.39, 0.29) is 6.04 Å². The van der Waals surface area contributed by atoms with Crippen LogP contribution in [0.1, 0.15) is 22.7 Å². The Morgan fingerprint density at radius 1 is 0.905 bits per heavy atom. The van der Waals surface area contributed by atoms with Crippen molar-refractivity contribution in [2.45, 2.75) is 13.0 Å². The van der Waals surface area contributed by atoms with E-state index >= 15 is 0 Å². The predicted molar refractivity (Wildman–Crippen MR) is 87.7 cm³/mol. The van der Waals surface area contributed by atoms with Gasteiger partial charge in [0.2, 0.25) is 0 Å². The predicted octanol–water partition coefficient (Wildman–Crippen LogP) is 4.20. The van der Waals surface area contributed by atoms with Gasteiger partial charge in [-0.25, -0.2) is 0 Å². The molecule has 2 N–H and O–H groups in total. The molecule has 0 aliphatic carbocycles. The molecule has 0 saturated carbocycles. The molecule has 0 spiro atoms. The minimum absolute atomic E-state index is 0.0994. The summed E-state index contributed by atoms with van der Waals surface area (Å²) in [4.78, 5) is 0. The topological polar surface area (TPSA) is 35.2 Å². The molecule has 3 aromatic rings. The van der Waals surface area contributed by atoms with E-state index in [1.165, 1.54) is 16.5 Å². The maximum atomic E-state index is 6.44. The summed E-state index contributed by atoms with van der Waals surface area (Å²) in [5.41, 5.74) is 9.96. The number of fused-ring (bicyclic) bond motifs is 1. The Kier molecular flexibility index (Phi) is 3.63. The Balaban J connectivity index is 2.03. The van der Waals surface area contributed by atoms with Crippen LogP contribution in [0.25, 0.3) is 10.8 Å². The van der Waals surface area contributed by atoms with Crippen molar-refractivity contribution in [3.8, 4) is 5.75 Å². The van der Waals surface area contributed by atoms with Gasteiger partial charge >= 0.3 is 0 Å². The molecule has 0 aliphatic rings. The van der Waals surface area contributed by atoms with E-state index in [0.29, 0.717) is 0 Å². The van der Waals surface area contributed by atoms with Crippen LogP contribution in [0.2, 0.25) is 0 Å². The number of benzene rings is 3. The second-order valence-corrected chi connectivity index (χ2v) is 5.31. The Bertz CT molecular complexity index is 779. The quantitative estimate of drug-likeness (QED) is 0.778. The number of ether oxygens (including phenoxy) is 1. The molecule has 0 aromatic heterocycles. The van der Waals surface area contributed by atoms with Crippen molar-refractivity contribution in [3.05, 3.63) is 77.4 Å². The smallest absolute Gasteiger partial charge is 0.119 e. The first-order chi connectivity index (χ1) is 10.2. The fraction of sp³-hybridized carbons (Fsp3) is 0.158. The molecule has 2 heteroatoms. The molecule has 21 heavy (non-hydrogen) atoms. The largest absolute Gasteiger partial charge is 0.497 e. The average molecular weight is 277 g/mol. The van der Waals surface area contributed by atoms with Gasteiger partial charge in [0.25, 0.3) is 0 Å². The Morgan fingerprint density at radius 2 is 1.62 bits per heavy atom. The van der Waals surface area contributed by atoms with E-state index in [1.807, 2.05) is 24.3 Å². The van der Waals surface area contributed by atoms with Crippen LogP contribution in [0.4, 0.5) is 0 Å². The fourth-order valence-corrected chi connectivity index (χ4v) is 2.68. The zero-order valence-corrected chi connectivity index (χ0v) is 12.3. The molecule has 0 heterocycles. The standard InChI is InChI=1S/C19H19NO/c1-13-5-3-4-6-18(13)19(20)16-8-7-15-12-17(21-2)10-9-14(15)11-16/h3-12,19H,20H2,1-2H3. The lowest BCUT2D eigenvalue weighted by atomic mass is 9.94. The van der Waals surface area contributed by atoms with Gasteiger partial charge in [0.15, 0.2) is 0 Å². The van der Waals surface area contributed by atoms with Crippen molar-refractivity contribution < 1.29 is 4.74 Å². The molecule has 106 valence electrons. The molecular weight excluding hydrogens is 258 g/mol. The minimum Gasteiger partial charge on any atom is -0.497 e. The molecule has 0 aliphatic heterocycles. The highest BCUT2D eigenvalue weighted by atomic mass is 16.5. The number of methoxy groups -OCH3 is 1. The molecule has 1 unspecified atom stereocenters. The van der Waals surface area contributed by atoms with E-state index in [2.05, 4.69) is 43.3 Å². The molecule has 0 bridgehead atoms. The van der Waals surface area contributed by atoms with Gasteiger partial charge in [-0.3, -0.25) is 0 Å². The van der Waals surface area contributed by atoms with Gasteiger partial charge in [0.05, 0.1) is 13.2 Å². The lowest BCUT2D eigenvalue weighted by Gasteiger charge is -2.16. The first-order valence-electron chi connectivity index (χ1n) is 7.08. The van der Waals surface area contributed by atoms with Crippen LogP contribution in [0, 0.1) is 6.92 Å². The van der Waals surface area contributed by atoms with Crippen molar-refractivity contribution in [1.82, 2.24) is 0 Å². The maximum absolute atomic E-state index is 6.44. The van der Waals surface area contributed by atoms with Crippen molar-refractivity contribution in [3.63, 3.8) is 0 Å². The third-order valence-corrected chi connectivity index (χ3v) is 3.95. The summed E-state index contributed by atoms with van der Waals surface area (Å²) in [6.45, 7) is 2.10. The van der Waals surface area contributed by atoms with Crippen LogP contribution < -0.4 is 10.5 Å². The first kappa shape index (κ1) is 13.7. The van der Waals surface area contributed by atoms with Crippen molar-refractivity contribution in [1.29, 1.82) is 0 Å². The van der Waals surface area contributed by atoms with Crippen LogP contribution >= 0.6 is 0 Å². The molecular formula is C19H19NO. The van der Waals surface area contributed by atoms with Gasteiger partial charge in [0, 0.05) is 0 Å². The van der Waals surface area contributed by atoms with Gasteiger partial charge in [-0.15, -0.1) is 0 Å². The Morgan fingerprint density at radius 3 is 2.38 bits per heavy atom. The highest BCUT2D eigenvalue weighted by molar-refractivity contribution is 5.84. The zero-order chi connectivity index (χ0) is 14.8. The molecule has 3 rings (SSSR count). The zero-order valence-electron chi connectivity index (χ0n) is 12.3. The Labute approximate surface area is 125 Å². The van der Waals surface area contributed by atoms with Gasteiger partial charge in [-0.2, -0.15) is 0 Å². The third kappa shape index (κ3) is 2.63. The van der Waals surface area contributed by atoms with Gasteiger partial charge in [0.1, 0.15) is 5.75 Å². The molecule has 0 saturated heterocycles. The molecule has 3 aromatic carbocycles. The van der Waals surface area contributed by atoms with Gasteiger partial charge < -0.3 is 10.5 Å². The maximum Gasteiger partial charge on any atom is 0.119 e. The average Bonchev–Trinajstić information content (AvgIpc) is 2.53. The summed E-state index contributed by atoms with van der Waals surface area (Å²) < 4.78 is 5.26. The summed E-state index contributed by atoms with van der Waals surface area (Å²) in [6.07, 6.45) is 0. The van der Waals surface area contributed by atoms with E-state index in [9.17, 15) is 0 Å². The fourth-order valence-electron chi connectivity index (χ4n) is 2.68. The first-order valence-corrected chi connectivity index (χ1v) is 7.08. The molecule has 0 fully saturated rings. The molecule has 0 radical (unpaired) electrons. The highest BCUT2D eigenvalue weighted by Gasteiger charge is 2.11. The Hall–Kier alpha value is -2.32. The summed E-state index contributed by atoms with van der Waals surface area (Å²) in [7, 11) is 1.68. The monoisotopic (exact) mass is 277 g/mol.